The molecule has 0 radical (unpaired) electrons. The van der Waals surface area contributed by atoms with E-state index in [2.05, 4.69) is 15.0 Å². The van der Waals surface area contributed by atoms with Crippen molar-refractivity contribution in [1.82, 2.24) is 15.0 Å². The van der Waals surface area contributed by atoms with Gasteiger partial charge in [-0.15, -0.1) is 0 Å². The molecule has 8 heteroatoms. The van der Waals surface area contributed by atoms with Crippen molar-refractivity contribution in [1.29, 1.82) is 0 Å². The van der Waals surface area contributed by atoms with Crippen molar-refractivity contribution in [3.8, 4) is 0 Å². The third-order valence-corrected chi connectivity index (χ3v) is 4.74. The molecule has 0 saturated carbocycles. The molecular weight excluding hydrogens is 343 g/mol. The molecule has 3 aromatic rings. The van der Waals surface area contributed by atoms with Gasteiger partial charge in [-0.2, -0.15) is 0 Å². The molecule has 0 amide bonds. The van der Waals surface area contributed by atoms with E-state index < -0.39 is 23.5 Å². The van der Waals surface area contributed by atoms with Crippen LogP contribution in [0.5, 0.6) is 0 Å². The second-order valence-electron chi connectivity index (χ2n) is 6.36. The van der Waals surface area contributed by atoms with Gasteiger partial charge in [-0.25, -0.2) is 23.1 Å². The maximum Gasteiger partial charge on any atom is 0.180 e. The molecule has 1 aromatic carbocycles. The van der Waals surface area contributed by atoms with E-state index in [1.165, 1.54) is 0 Å². The lowest BCUT2D eigenvalue weighted by atomic mass is 9.85. The summed E-state index contributed by atoms with van der Waals surface area (Å²) >= 11 is 0. The fourth-order valence-corrected chi connectivity index (χ4v) is 3.42. The highest BCUT2D eigenvalue weighted by atomic mass is 19.2. The lowest BCUT2D eigenvalue weighted by molar-refractivity contribution is 0.416. The van der Waals surface area contributed by atoms with Gasteiger partial charge in [0.1, 0.15) is 17.2 Å². The first-order chi connectivity index (χ1) is 12.5. The van der Waals surface area contributed by atoms with Crippen LogP contribution in [0.1, 0.15) is 17.9 Å². The molecule has 0 spiro atoms. The highest BCUT2D eigenvalue weighted by Gasteiger charge is 2.31. The van der Waals surface area contributed by atoms with Crippen LogP contribution in [-0.4, -0.2) is 34.1 Å². The van der Waals surface area contributed by atoms with Crippen molar-refractivity contribution < 1.29 is 13.2 Å². The molecule has 4 rings (SSSR count). The Labute approximate surface area is 147 Å². The van der Waals surface area contributed by atoms with E-state index in [4.69, 9.17) is 5.73 Å². The van der Waals surface area contributed by atoms with Crippen molar-refractivity contribution in [2.24, 2.45) is 5.73 Å². The zero-order valence-electron chi connectivity index (χ0n) is 13.7. The number of fused-ring (bicyclic) bond motifs is 1. The number of halogens is 3. The maximum atomic E-state index is 14.1. The summed E-state index contributed by atoms with van der Waals surface area (Å²) < 4.78 is 40.8. The number of pyridine rings is 1. The van der Waals surface area contributed by atoms with Crippen molar-refractivity contribution in [2.75, 3.05) is 18.0 Å². The van der Waals surface area contributed by atoms with Crippen LogP contribution in [0, 0.1) is 17.5 Å². The molecule has 1 aliphatic rings. The van der Waals surface area contributed by atoms with E-state index in [1.807, 2.05) is 17.0 Å². The van der Waals surface area contributed by atoms with Crippen LogP contribution in [0.2, 0.25) is 0 Å². The van der Waals surface area contributed by atoms with E-state index in [-0.39, 0.29) is 11.5 Å². The number of hydrogen-bond acceptors (Lipinski definition) is 5. The first kappa shape index (κ1) is 16.7. The standard InChI is InChI=1S/C18H16F3N5/c19-12-8-14(21)13(20)7-11(12)10-3-6-26(9-15(10)22)17-2-1-16-18(25-17)24-5-4-23-16/h1-2,4-5,7-8,10,15H,3,6,9,22H2/t10-,15+/m1/s1. The lowest BCUT2D eigenvalue weighted by Gasteiger charge is -2.37. The normalized spacial score (nSPS) is 20.5. The van der Waals surface area contributed by atoms with Crippen LogP contribution in [-0.2, 0) is 0 Å². The average Bonchev–Trinajstić information content (AvgIpc) is 2.64. The molecule has 0 bridgehead atoms. The first-order valence-corrected chi connectivity index (χ1v) is 8.25. The maximum absolute atomic E-state index is 14.1. The Morgan fingerprint density at radius 1 is 1.00 bits per heavy atom. The highest BCUT2D eigenvalue weighted by molar-refractivity contribution is 5.71. The SMILES string of the molecule is N[C@H]1CN(c2ccc3nccnc3n2)CC[C@@H]1c1cc(F)c(F)cc1F. The Morgan fingerprint density at radius 3 is 2.58 bits per heavy atom. The summed E-state index contributed by atoms with van der Waals surface area (Å²) in [6, 6.07) is 4.71. The van der Waals surface area contributed by atoms with E-state index in [9.17, 15) is 13.2 Å². The Hall–Kier alpha value is -2.74. The third-order valence-electron chi connectivity index (χ3n) is 4.74. The van der Waals surface area contributed by atoms with Gasteiger partial charge in [-0.05, 0) is 30.2 Å². The van der Waals surface area contributed by atoms with Gasteiger partial charge < -0.3 is 10.6 Å². The van der Waals surface area contributed by atoms with Crippen LogP contribution in [0.15, 0.2) is 36.7 Å². The number of aromatic nitrogens is 3. The second-order valence-corrected chi connectivity index (χ2v) is 6.36. The second kappa shape index (κ2) is 6.53. The van der Waals surface area contributed by atoms with Crippen molar-refractivity contribution in [3.05, 3.63) is 59.7 Å². The molecule has 0 aliphatic carbocycles. The number of piperidine rings is 1. The zero-order chi connectivity index (χ0) is 18.3. The number of nitrogens with zero attached hydrogens (tertiary/aromatic N) is 4. The molecule has 1 fully saturated rings. The van der Waals surface area contributed by atoms with Crippen LogP contribution < -0.4 is 10.6 Å². The minimum Gasteiger partial charge on any atom is -0.355 e. The van der Waals surface area contributed by atoms with Crippen molar-refractivity contribution in [2.45, 2.75) is 18.4 Å². The predicted molar refractivity (Wildman–Crippen MR) is 91.2 cm³/mol. The summed E-state index contributed by atoms with van der Waals surface area (Å²) in [7, 11) is 0. The monoisotopic (exact) mass is 359 g/mol. The van der Waals surface area contributed by atoms with E-state index in [0.29, 0.717) is 42.6 Å². The molecule has 2 N–H and O–H groups in total. The summed E-state index contributed by atoms with van der Waals surface area (Å²) in [5.41, 5.74) is 7.58. The van der Waals surface area contributed by atoms with Crippen LogP contribution >= 0.6 is 0 Å². The van der Waals surface area contributed by atoms with E-state index in [1.54, 1.807) is 12.4 Å². The lowest BCUT2D eigenvalue weighted by Crippen LogP contribution is -2.48. The van der Waals surface area contributed by atoms with Gasteiger partial charge in [0.15, 0.2) is 17.3 Å². The largest absolute Gasteiger partial charge is 0.355 e. The summed E-state index contributed by atoms with van der Waals surface area (Å²) in [5, 5.41) is 0. The van der Waals surface area contributed by atoms with Crippen LogP contribution in [0.3, 0.4) is 0 Å². The Bertz CT molecular complexity index is 965. The van der Waals surface area contributed by atoms with Gasteiger partial charge in [-0.3, -0.25) is 4.98 Å². The number of nitrogens with two attached hydrogens (primary N) is 1. The van der Waals surface area contributed by atoms with Crippen molar-refractivity contribution >= 4 is 17.0 Å². The molecule has 134 valence electrons. The quantitative estimate of drug-likeness (QED) is 0.713. The topological polar surface area (TPSA) is 67.9 Å². The molecule has 1 aliphatic heterocycles. The van der Waals surface area contributed by atoms with Gasteiger partial charge in [0.2, 0.25) is 0 Å². The van der Waals surface area contributed by atoms with Gasteiger partial charge in [0, 0.05) is 43.5 Å². The van der Waals surface area contributed by atoms with E-state index >= 15 is 0 Å². The minimum atomic E-state index is -1.20. The number of hydrogen-bond donors (Lipinski definition) is 1. The molecule has 2 aromatic heterocycles. The third kappa shape index (κ3) is 2.96. The van der Waals surface area contributed by atoms with Gasteiger partial charge in [0.25, 0.3) is 0 Å². The average molecular weight is 359 g/mol. The first-order valence-electron chi connectivity index (χ1n) is 8.25. The summed E-state index contributed by atoms with van der Waals surface area (Å²) in [4.78, 5) is 14.8. The molecule has 26 heavy (non-hydrogen) atoms. The molecule has 3 heterocycles. The predicted octanol–water partition coefficient (Wildman–Crippen LogP) is 2.76. The smallest absolute Gasteiger partial charge is 0.180 e. The van der Waals surface area contributed by atoms with Gasteiger partial charge >= 0.3 is 0 Å². The number of benzene rings is 1. The number of rotatable bonds is 2. The summed E-state index contributed by atoms with van der Waals surface area (Å²) in [6.07, 6.45) is 3.67. The highest BCUT2D eigenvalue weighted by Crippen LogP contribution is 2.32. The van der Waals surface area contributed by atoms with Crippen LogP contribution in [0.25, 0.3) is 11.2 Å². The van der Waals surface area contributed by atoms with Gasteiger partial charge in [0.05, 0.1) is 0 Å². The van der Waals surface area contributed by atoms with Gasteiger partial charge in [-0.1, -0.05) is 0 Å². The molecular formula is C18H16F3N5. The Kier molecular flexibility index (Phi) is 4.20. The number of anilines is 1. The minimum absolute atomic E-state index is 0.119. The Balaban J connectivity index is 1.57. The fourth-order valence-electron chi connectivity index (χ4n) is 3.42. The summed E-state index contributed by atoms with van der Waals surface area (Å²) in [5.74, 6) is -2.71. The molecule has 2 atom stereocenters. The molecule has 1 saturated heterocycles. The molecule has 0 unspecified atom stereocenters. The van der Waals surface area contributed by atoms with Crippen molar-refractivity contribution in [3.63, 3.8) is 0 Å². The van der Waals surface area contributed by atoms with E-state index in [0.717, 1.165) is 6.07 Å². The summed E-state index contributed by atoms with van der Waals surface area (Å²) in [6.45, 7) is 0.984. The molecule has 5 nitrogen and oxygen atoms in total. The Morgan fingerprint density at radius 2 is 1.77 bits per heavy atom. The van der Waals surface area contributed by atoms with Crippen LogP contribution in [0.4, 0.5) is 19.0 Å². The zero-order valence-corrected chi connectivity index (χ0v) is 13.7. The fraction of sp³-hybridized carbons (Fsp3) is 0.278.